The van der Waals surface area contributed by atoms with E-state index < -0.39 is 5.97 Å². The summed E-state index contributed by atoms with van der Waals surface area (Å²) in [4.78, 5) is 11.6. The molecule has 0 unspecified atom stereocenters. The number of rotatable bonds is 4. The zero-order valence-corrected chi connectivity index (χ0v) is 10.5. The second kappa shape index (κ2) is 6.10. The van der Waals surface area contributed by atoms with Crippen molar-refractivity contribution in [1.29, 1.82) is 5.26 Å². The maximum atomic E-state index is 11.6. The molecular formula is C12H10N6O2. The lowest BCUT2D eigenvalue weighted by Gasteiger charge is -2.07. The molecule has 1 aromatic carbocycles. The van der Waals surface area contributed by atoms with Gasteiger partial charge in [0.05, 0.1) is 18.4 Å². The fourth-order valence-electron chi connectivity index (χ4n) is 1.47. The number of methoxy groups -OCH3 is 1. The minimum Gasteiger partial charge on any atom is -0.465 e. The standard InChI is InChI=1S/C12H10N6O2/c1-20-12(19)9-4-2-3-5-10(9)14-7-8(6-13)11-15-17-18-16-11/h2-5,7,14H,1H3,(H,15,16,17,18). The van der Waals surface area contributed by atoms with Crippen molar-refractivity contribution in [3.8, 4) is 6.07 Å². The van der Waals surface area contributed by atoms with Crippen molar-refractivity contribution in [2.24, 2.45) is 0 Å². The number of aromatic nitrogens is 4. The van der Waals surface area contributed by atoms with Crippen LogP contribution in [0.5, 0.6) is 0 Å². The highest BCUT2D eigenvalue weighted by atomic mass is 16.5. The Labute approximate surface area is 114 Å². The summed E-state index contributed by atoms with van der Waals surface area (Å²) in [5.74, 6) is -0.310. The van der Waals surface area contributed by atoms with Crippen molar-refractivity contribution in [1.82, 2.24) is 20.6 Å². The number of benzene rings is 1. The van der Waals surface area contributed by atoms with Crippen molar-refractivity contribution in [3.63, 3.8) is 0 Å². The number of hydrogen-bond donors (Lipinski definition) is 2. The molecule has 0 amide bonds. The van der Waals surface area contributed by atoms with E-state index in [4.69, 9.17) is 5.26 Å². The smallest absolute Gasteiger partial charge is 0.339 e. The summed E-state index contributed by atoms with van der Waals surface area (Å²) in [5.41, 5.74) is 1.05. The number of ether oxygens (including phenoxy) is 1. The van der Waals surface area contributed by atoms with Gasteiger partial charge < -0.3 is 10.1 Å². The van der Waals surface area contributed by atoms with E-state index >= 15 is 0 Å². The Morgan fingerprint density at radius 2 is 2.30 bits per heavy atom. The molecule has 2 rings (SSSR count). The van der Waals surface area contributed by atoms with Crippen LogP contribution in [-0.2, 0) is 4.74 Å². The van der Waals surface area contributed by atoms with Crippen LogP contribution in [0.2, 0.25) is 0 Å². The van der Waals surface area contributed by atoms with E-state index in [1.807, 2.05) is 6.07 Å². The van der Waals surface area contributed by atoms with E-state index in [1.54, 1.807) is 24.3 Å². The van der Waals surface area contributed by atoms with Gasteiger partial charge in [-0.3, -0.25) is 0 Å². The summed E-state index contributed by atoms with van der Waals surface area (Å²) in [7, 11) is 1.30. The average Bonchev–Trinajstić information content (AvgIpc) is 3.02. The van der Waals surface area contributed by atoms with Gasteiger partial charge >= 0.3 is 5.97 Å². The van der Waals surface area contributed by atoms with Crippen molar-refractivity contribution in [3.05, 3.63) is 41.9 Å². The number of nitriles is 1. The SMILES string of the molecule is COC(=O)c1ccccc1NC=C(C#N)c1nn[nH]n1. The molecule has 0 aliphatic carbocycles. The molecule has 2 N–H and O–H groups in total. The van der Waals surface area contributed by atoms with Crippen molar-refractivity contribution in [2.75, 3.05) is 12.4 Å². The molecule has 0 radical (unpaired) electrons. The van der Waals surface area contributed by atoms with E-state index in [0.717, 1.165) is 0 Å². The van der Waals surface area contributed by atoms with Crippen LogP contribution in [0.15, 0.2) is 30.5 Å². The monoisotopic (exact) mass is 270 g/mol. The molecule has 8 nitrogen and oxygen atoms in total. The van der Waals surface area contributed by atoms with Gasteiger partial charge in [-0.05, 0) is 17.3 Å². The number of nitrogens with one attached hydrogen (secondary N) is 2. The Kier molecular flexibility index (Phi) is 4.04. The van der Waals surface area contributed by atoms with Crippen LogP contribution in [0.1, 0.15) is 16.2 Å². The first kappa shape index (κ1) is 13.2. The van der Waals surface area contributed by atoms with E-state index in [0.29, 0.717) is 11.3 Å². The summed E-state index contributed by atoms with van der Waals surface area (Å²) in [5, 5.41) is 24.9. The number of para-hydroxylation sites is 1. The molecule has 0 saturated heterocycles. The first-order valence-electron chi connectivity index (χ1n) is 5.54. The molecule has 2 aromatic rings. The van der Waals surface area contributed by atoms with Crippen molar-refractivity contribution < 1.29 is 9.53 Å². The number of carbonyl (C=O) groups excluding carboxylic acids is 1. The molecule has 0 fully saturated rings. The summed E-state index contributed by atoms with van der Waals surface area (Å²) in [6, 6.07) is 8.70. The number of esters is 1. The lowest BCUT2D eigenvalue weighted by molar-refractivity contribution is 0.0602. The number of H-pyrrole nitrogens is 1. The second-order valence-electron chi connectivity index (χ2n) is 3.59. The number of hydrogen-bond acceptors (Lipinski definition) is 7. The number of anilines is 1. The largest absolute Gasteiger partial charge is 0.465 e. The summed E-state index contributed by atoms with van der Waals surface area (Å²) >= 11 is 0. The maximum absolute atomic E-state index is 11.6. The predicted octanol–water partition coefficient (Wildman–Crippen LogP) is 0.963. The van der Waals surface area contributed by atoms with Gasteiger partial charge in [-0.25, -0.2) is 4.79 Å². The van der Waals surface area contributed by atoms with Crippen molar-refractivity contribution >= 4 is 17.2 Å². The predicted molar refractivity (Wildman–Crippen MR) is 69.2 cm³/mol. The fourth-order valence-corrected chi connectivity index (χ4v) is 1.47. The quantitative estimate of drug-likeness (QED) is 0.627. The van der Waals surface area contributed by atoms with E-state index in [9.17, 15) is 4.79 Å². The lowest BCUT2D eigenvalue weighted by atomic mass is 10.2. The normalized spacial score (nSPS) is 10.7. The number of nitrogens with zero attached hydrogens (tertiary/aromatic N) is 4. The molecule has 0 saturated carbocycles. The topological polar surface area (TPSA) is 117 Å². The number of carbonyl (C=O) groups is 1. The summed E-state index contributed by atoms with van der Waals surface area (Å²) < 4.78 is 4.68. The molecule has 1 aromatic heterocycles. The maximum Gasteiger partial charge on any atom is 0.339 e. The minimum atomic E-state index is -0.473. The highest BCUT2D eigenvalue weighted by molar-refractivity contribution is 5.96. The molecule has 0 atom stereocenters. The van der Waals surface area contributed by atoms with Crippen LogP contribution in [0, 0.1) is 11.3 Å². The third-order valence-corrected chi connectivity index (χ3v) is 2.41. The average molecular weight is 270 g/mol. The Morgan fingerprint density at radius 3 is 2.95 bits per heavy atom. The third-order valence-electron chi connectivity index (χ3n) is 2.41. The zero-order chi connectivity index (χ0) is 14.4. The molecule has 8 heteroatoms. The van der Waals surface area contributed by atoms with Crippen LogP contribution in [0.3, 0.4) is 0 Å². The van der Waals surface area contributed by atoms with Gasteiger partial charge in [0.25, 0.3) is 0 Å². The molecule has 100 valence electrons. The van der Waals surface area contributed by atoms with Crippen molar-refractivity contribution in [2.45, 2.75) is 0 Å². The molecule has 0 aliphatic rings. The molecule has 20 heavy (non-hydrogen) atoms. The van der Waals surface area contributed by atoms with Gasteiger partial charge in [0.2, 0.25) is 5.82 Å². The van der Waals surface area contributed by atoms with Crippen LogP contribution in [0.25, 0.3) is 5.57 Å². The van der Waals surface area contributed by atoms with Gasteiger partial charge in [0.1, 0.15) is 11.6 Å². The Balaban J connectivity index is 2.27. The van der Waals surface area contributed by atoms with Gasteiger partial charge in [0.15, 0.2) is 0 Å². The highest BCUT2D eigenvalue weighted by Gasteiger charge is 2.11. The van der Waals surface area contributed by atoms with E-state index in [2.05, 4.69) is 30.7 Å². The fraction of sp³-hybridized carbons (Fsp3) is 0.0833. The first-order valence-corrected chi connectivity index (χ1v) is 5.54. The Morgan fingerprint density at radius 1 is 1.50 bits per heavy atom. The molecule has 0 spiro atoms. The number of tetrazole rings is 1. The van der Waals surface area contributed by atoms with Gasteiger partial charge in [-0.15, -0.1) is 10.2 Å². The highest BCUT2D eigenvalue weighted by Crippen LogP contribution is 2.17. The van der Waals surface area contributed by atoms with Gasteiger partial charge in [-0.2, -0.15) is 10.5 Å². The van der Waals surface area contributed by atoms with Gasteiger partial charge in [-0.1, -0.05) is 12.1 Å². The Bertz CT molecular complexity index is 672. The minimum absolute atomic E-state index is 0.163. The van der Waals surface area contributed by atoms with Crippen LogP contribution >= 0.6 is 0 Å². The molecular weight excluding hydrogens is 260 g/mol. The second-order valence-corrected chi connectivity index (χ2v) is 3.59. The first-order chi connectivity index (χ1) is 9.76. The number of allylic oxidation sites excluding steroid dienone is 1. The van der Waals surface area contributed by atoms with Gasteiger partial charge in [0, 0.05) is 6.20 Å². The van der Waals surface area contributed by atoms with Crippen LogP contribution in [-0.4, -0.2) is 33.7 Å². The van der Waals surface area contributed by atoms with E-state index in [-0.39, 0.29) is 11.4 Å². The Hall–Kier alpha value is -3.21. The van der Waals surface area contributed by atoms with Crippen LogP contribution < -0.4 is 5.32 Å². The lowest BCUT2D eigenvalue weighted by Crippen LogP contribution is -2.05. The summed E-state index contributed by atoms with van der Waals surface area (Å²) in [6.45, 7) is 0. The number of aromatic amines is 1. The van der Waals surface area contributed by atoms with Crippen LogP contribution in [0.4, 0.5) is 5.69 Å². The molecule has 0 bridgehead atoms. The molecule has 0 aliphatic heterocycles. The third kappa shape index (κ3) is 2.78. The van der Waals surface area contributed by atoms with E-state index in [1.165, 1.54) is 13.3 Å². The molecule has 1 heterocycles. The summed E-state index contributed by atoms with van der Waals surface area (Å²) in [6.07, 6.45) is 1.40. The zero-order valence-electron chi connectivity index (χ0n) is 10.5.